The molecule has 3 fully saturated rings. The molecule has 1 aliphatic carbocycles. The molecule has 3 rings (SSSR count). The van der Waals surface area contributed by atoms with Crippen molar-refractivity contribution in [3.05, 3.63) is 0 Å². The monoisotopic (exact) mass is 723 g/mol. The third-order valence-corrected chi connectivity index (χ3v) is 12.6. The lowest BCUT2D eigenvalue weighted by atomic mass is 9.84. The maximum atomic E-state index is 11.5. The van der Waals surface area contributed by atoms with Crippen molar-refractivity contribution in [1.29, 1.82) is 0 Å². The van der Waals surface area contributed by atoms with Crippen LogP contribution in [0.1, 0.15) is 104 Å². The van der Waals surface area contributed by atoms with Gasteiger partial charge in [-0.15, -0.1) is 0 Å². The van der Waals surface area contributed by atoms with Crippen molar-refractivity contribution in [2.24, 2.45) is 28.7 Å². The first-order valence-electron chi connectivity index (χ1n) is 18.7. The summed E-state index contributed by atoms with van der Waals surface area (Å²) >= 11 is 3.54. The van der Waals surface area contributed by atoms with Crippen LogP contribution >= 0.6 is 23.5 Å². The third kappa shape index (κ3) is 13.0. The van der Waals surface area contributed by atoms with Crippen LogP contribution in [0.5, 0.6) is 0 Å². The zero-order valence-corrected chi connectivity index (χ0v) is 31.1. The normalized spacial score (nSPS) is 39.1. The van der Waals surface area contributed by atoms with Gasteiger partial charge in [0.15, 0.2) is 12.6 Å². The molecule has 1 saturated carbocycles. The number of thioether (sulfide) groups is 2. The van der Waals surface area contributed by atoms with Crippen LogP contribution in [0.2, 0.25) is 0 Å². The standard InChI is InChI=1S/C34H69N5O7S2/c1-3-5-7-9-10-11-12-13-15-47-20-25-28(40)27(39)29(41)34(44-25)46-32-22(37)17-21(36)31(30(32)42)45-33-23(38)18-26(24(19-35)43-33)48-16-14-8-6-4-2/h21-34,40-42H,3-20,35-39H2,1-2H3/t21-,22+,23+,24+,25+,26+,27-,28+,29+,30-,31+,32-,33+,34+/m0/s1. The van der Waals surface area contributed by atoms with Gasteiger partial charge in [-0.05, 0) is 37.2 Å². The second-order valence-electron chi connectivity index (χ2n) is 14.1. The zero-order chi connectivity index (χ0) is 35.1. The number of aliphatic hydroxyl groups excluding tert-OH is 3. The zero-order valence-electron chi connectivity index (χ0n) is 29.5. The number of unbranched alkanes of at least 4 members (excludes halogenated alkanes) is 10. The van der Waals surface area contributed by atoms with Crippen molar-refractivity contribution in [1.82, 2.24) is 0 Å². The fraction of sp³-hybridized carbons (Fsp3) is 1.00. The predicted octanol–water partition coefficient (Wildman–Crippen LogP) is 1.91. The van der Waals surface area contributed by atoms with Crippen molar-refractivity contribution in [2.75, 3.05) is 23.8 Å². The Morgan fingerprint density at radius 3 is 1.79 bits per heavy atom. The van der Waals surface area contributed by atoms with Gasteiger partial charge in [0.2, 0.25) is 0 Å². The summed E-state index contributed by atoms with van der Waals surface area (Å²) in [7, 11) is 0. The smallest absolute Gasteiger partial charge is 0.186 e. The molecule has 0 radical (unpaired) electrons. The highest BCUT2D eigenvalue weighted by molar-refractivity contribution is 8.00. The first-order valence-corrected chi connectivity index (χ1v) is 20.9. The van der Waals surface area contributed by atoms with Crippen LogP contribution in [0, 0.1) is 0 Å². The van der Waals surface area contributed by atoms with Gasteiger partial charge < -0.3 is 62.9 Å². The van der Waals surface area contributed by atoms with E-state index >= 15 is 0 Å². The lowest BCUT2D eigenvalue weighted by molar-refractivity contribution is -0.307. The molecular formula is C34H69N5O7S2. The number of hydrogen-bond acceptors (Lipinski definition) is 14. The lowest BCUT2D eigenvalue weighted by Crippen LogP contribution is -2.68. The van der Waals surface area contributed by atoms with E-state index < -0.39 is 73.4 Å². The van der Waals surface area contributed by atoms with E-state index in [-0.39, 0.29) is 11.4 Å². The topological polar surface area (TPSA) is 228 Å². The number of hydrogen-bond donors (Lipinski definition) is 8. The third-order valence-electron chi connectivity index (χ3n) is 9.97. The Bertz CT molecular complexity index is 860. The SMILES string of the molecule is CCCCCCCCCCSC[C@H]1O[C@H](O[C@@H]2[C@@H](O)[C@H](O[C@H]3O[C@H](CN)[C@H](SCCCCCC)C[C@H]3N)[C@@H](N)C[C@H]2N)[C@H](O)[C@@H](N)[C@@H]1O. The second kappa shape index (κ2) is 23.0. The van der Waals surface area contributed by atoms with E-state index in [0.717, 1.165) is 24.3 Å². The van der Waals surface area contributed by atoms with Crippen LogP contribution in [0.4, 0.5) is 0 Å². The number of rotatable bonds is 22. The van der Waals surface area contributed by atoms with Gasteiger partial charge in [0.05, 0.1) is 30.4 Å². The molecule has 14 atom stereocenters. The van der Waals surface area contributed by atoms with Crippen LogP contribution in [0.25, 0.3) is 0 Å². The Morgan fingerprint density at radius 1 is 0.625 bits per heavy atom. The first kappa shape index (κ1) is 42.6. The highest BCUT2D eigenvalue weighted by atomic mass is 32.2. The molecule has 2 heterocycles. The minimum absolute atomic E-state index is 0.164. The molecule has 0 aromatic rings. The molecule has 0 unspecified atom stereocenters. The Morgan fingerprint density at radius 2 is 1.17 bits per heavy atom. The van der Waals surface area contributed by atoms with Crippen molar-refractivity contribution in [3.8, 4) is 0 Å². The summed E-state index contributed by atoms with van der Waals surface area (Å²) in [5, 5.41) is 33.3. The quantitative estimate of drug-likeness (QED) is 0.0747. The van der Waals surface area contributed by atoms with Crippen LogP contribution in [-0.2, 0) is 18.9 Å². The van der Waals surface area contributed by atoms with Crippen molar-refractivity contribution >= 4 is 23.5 Å². The minimum atomic E-state index is -1.32. The van der Waals surface area contributed by atoms with Crippen LogP contribution in [0.3, 0.4) is 0 Å². The molecule has 0 amide bonds. The summed E-state index contributed by atoms with van der Waals surface area (Å²) in [6.07, 6.45) is 7.37. The number of ether oxygens (including phenoxy) is 4. The molecule has 0 bridgehead atoms. The molecule has 48 heavy (non-hydrogen) atoms. The van der Waals surface area contributed by atoms with Gasteiger partial charge in [-0.3, -0.25) is 0 Å². The maximum absolute atomic E-state index is 11.5. The van der Waals surface area contributed by atoms with Gasteiger partial charge >= 0.3 is 0 Å². The Hall–Kier alpha value is 0.220. The molecule has 13 N–H and O–H groups in total. The molecule has 14 heteroatoms. The highest BCUT2D eigenvalue weighted by Crippen LogP contribution is 2.34. The van der Waals surface area contributed by atoms with Gasteiger partial charge in [-0.1, -0.05) is 78.1 Å². The van der Waals surface area contributed by atoms with E-state index in [4.69, 9.17) is 47.6 Å². The van der Waals surface area contributed by atoms with Crippen LogP contribution in [0.15, 0.2) is 0 Å². The summed E-state index contributed by atoms with van der Waals surface area (Å²) in [6, 6.07) is -2.67. The summed E-state index contributed by atoms with van der Waals surface area (Å²) in [6.45, 7) is 4.76. The summed E-state index contributed by atoms with van der Waals surface area (Å²) in [5.41, 5.74) is 31.7. The van der Waals surface area contributed by atoms with E-state index in [9.17, 15) is 15.3 Å². The maximum Gasteiger partial charge on any atom is 0.186 e. The number of aliphatic hydroxyl groups is 3. The fourth-order valence-electron chi connectivity index (χ4n) is 6.87. The molecule has 0 aromatic heterocycles. The van der Waals surface area contributed by atoms with E-state index in [1.165, 1.54) is 64.2 Å². The van der Waals surface area contributed by atoms with Gasteiger partial charge in [0.25, 0.3) is 0 Å². The Kier molecular flexibility index (Phi) is 20.4. The van der Waals surface area contributed by atoms with E-state index in [1.807, 2.05) is 11.8 Å². The molecule has 2 aliphatic heterocycles. The van der Waals surface area contributed by atoms with Gasteiger partial charge in [0.1, 0.15) is 24.4 Å². The van der Waals surface area contributed by atoms with E-state index in [0.29, 0.717) is 25.1 Å². The molecule has 284 valence electrons. The van der Waals surface area contributed by atoms with Crippen molar-refractivity contribution in [2.45, 2.75) is 188 Å². The van der Waals surface area contributed by atoms with Gasteiger partial charge in [-0.2, -0.15) is 23.5 Å². The summed E-state index contributed by atoms with van der Waals surface area (Å²) < 4.78 is 24.8. The average molecular weight is 724 g/mol. The van der Waals surface area contributed by atoms with E-state index in [2.05, 4.69) is 13.8 Å². The minimum Gasteiger partial charge on any atom is -0.389 e. The number of nitrogens with two attached hydrogens (primary N) is 5. The molecule has 3 aliphatic rings. The first-order chi connectivity index (χ1) is 23.1. The van der Waals surface area contributed by atoms with Gasteiger partial charge in [0, 0.05) is 29.6 Å². The van der Waals surface area contributed by atoms with Gasteiger partial charge in [-0.25, -0.2) is 0 Å². The second-order valence-corrected chi connectivity index (χ2v) is 16.6. The molecule has 2 saturated heterocycles. The van der Waals surface area contributed by atoms with Crippen molar-refractivity contribution < 1.29 is 34.3 Å². The van der Waals surface area contributed by atoms with E-state index in [1.54, 1.807) is 11.8 Å². The predicted molar refractivity (Wildman–Crippen MR) is 196 cm³/mol. The largest absolute Gasteiger partial charge is 0.389 e. The highest BCUT2D eigenvalue weighted by Gasteiger charge is 2.50. The average Bonchev–Trinajstić information content (AvgIpc) is 3.06. The summed E-state index contributed by atoms with van der Waals surface area (Å²) in [4.78, 5) is 0. The molecule has 0 aromatic carbocycles. The molecule has 12 nitrogen and oxygen atoms in total. The van der Waals surface area contributed by atoms with Crippen LogP contribution in [-0.4, -0.2) is 124 Å². The van der Waals surface area contributed by atoms with Crippen molar-refractivity contribution in [3.63, 3.8) is 0 Å². The van der Waals surface area contributed by atoms with Crippen LogP contribution < -0.4 is 28.7 Å². The molecule has 0 spiro atoms. The molecular weight excluding hydrogens is 655 g/mol. The fourth-order valence-corrected chi connectivity index (χ4v) is 9.38. The Balaban J connectivity index is 1.51. The summed E-state index contributed by atoms with van der Waals surface area (Å²) in [5.74, 6) is 2.48. The Labute approximate surface area is 298 Å². The lowest BCUT2D eigenvalue weighted by Gasteiger charge is -2.48.